The highest BCUT2D eigenvalue weighted by Gasteiger charge is 2.35. The molecular formula is C16H18ClN5O2. The lowest BCUT2D eigenvalue weighted by Crippen LogP contribution is -2.33. The topological polar surface area (TPSA) is 80.1 Å². The highest BCUT2D eigenvalue weighted by Crippen LogP contribution is 2.27. The zero-order valence-electron chi connectivity index (χ0n) is 13.3. The predicted molar refractivity (Wildman–Crippen MR) is 89.5 cm³/mol. The van der Waals surface area contributed by atoms with Gasteiger partial charge in [-0.25, -0.2) is 0 Å². The standard InChI is InChI=1S/C16H18ClN5O2/c1-2-21-10-19-20-14(21)8-18-16(24)11-6-15(23)22(9-11)13-5-3-4-12(17)7-13/h3-5,7,10-11H,2,6,8-9H2,1H3,(H,18,24). The minimum absolute atomic E-state index is 0.0749. The fraction of sp³-hybridized carbons (Fsp3) is 0.375. The molecule has 2 heterocycles. The van der Waals surface area contributed by atoms with Crippen molar-refractivity contribution in [2.75, 3.05) is 11.4 Å². The van der Waals surface area contributed by atoms with Gasteiger partial charge < -0.3 is 14.8 Å². The van der Waals surface area contributed by atoms with Gasteiger partial charge in [0.15, 0.2) is 5.82 Å². The van der Waals surface area contributed by atoms with E-state index in [0.717, 1.165) is 6.54 Å². The molecule has 7 nitrogen and oxygen atoms in total. The van der Waals surface area contributed by atoms with Gasteiger partial charge >= 0.3 is 0 Å². The molecule has 2 aromatic rings. The molecule has 1 aliphatic heterocycles. The predicted octanol–water partition coefficient (Wildman–Crippen LogP) is 1.62. The summed E-state index contributed by atoms with van der Waals surface area (Å²) in [6, 6.07) is 7.08. The molecule has 0 radical (unpaired) electrons. The third kappa shape index (κ3) is 3.41. The van der Waals surface area contributed by atoms with E-state index in [2.05, 4.69) is 15.5 Å². The van der Waals surface area contributed by atoms with Gasteiger partial charge in [-0.05, 0) is 25.1 Å². The van der Waals surface area contributed by atoms with E-state index in [-0.39, 0.29) is 24.2 Å². The van der Waals surface area contributed by atoms with Crippen LogP contribution in [-0.4, -0.2) is 33.1 Å². The summed E-state index contributed by atoms with van der Waals surface area (Å²) in [6.45, 7) is 3.37. The first kappa shape index (κ1) is 16.4. The molecule has 2 amide bonds. The summed E-state index contributed by atoms with van der Waals surface area (Å²) in [7, 11) is 0. The number of benzene rings is 1. The lowest BCUT2D eigenvalue weighted by molar-refractivity contribution is -0.126. The zero-order chi connectivity index (χ0) is 17.1. The maximum atomic E-state index is 12.4. The Balaban J connectivity index is 1.62. The Morgan fingerprint density at radius 3 is 3.04 bits per heavy atom. The number of aryl methyl sites for hydroxylation is 1. The molecule has 8 heteroatoms. The van der Waals surface area contributed by atoms with Crippen molar-refractivity contribution in [1.29, 1.82) is 0 Å². The second-order valence-electron chi connectivity index (χ2n) is 5.64. The van der Waals surface area contributed by atoms with E-state index in [1.807, 2.05) is 17.6 Å². The number of hydrogen-bond donors (Lipinski definition) is 1. The van der Waals surface area contributed by atoms with Crippen LogP contribution in [0.4, 0.5) is 5.69 Å². The molecular weight excluding hydrogens is 330 g/mol. The molecule has 1 aromatic carbocycles. The molecule has 1 atom stereocenters. The summed E-state index contributed by atoms with van der Waals surface area (Å²) in [5.74, 6) is 0.0871. The second-order valence-corrected chi connectivity index (χ2v) is 6.07. The smallest absolute Gasteiger partial charge is 0.227 e. The van der Waals surface area contributed by atoms with E-state index >= 15 is 0 Å². The summed E-state index contributed by atoms with van der Waals surface area (Å²) >= 11 is 5.97. The number of halogens is 1. The van der Waals surface area contributed by atoms with E-state index in [4.69, 9.17) is 11.6 Å². The number of carbonyl (C=O) groups is 2. The monoisotopic (exact) mass is 347 g/mol. The van der Waals surface area contributed by atoms with Gasteiger partial charge in [0.05, 0.1) is 12.5 Å². The Morgan fingerprint density at radius 2 is 2.29 bits per heavy atom. The van der Waals surface area contributed by atoms with Crippen molar-refractivity contribution in [2.45, 2.75) is 26.4 Å². The molecule has 24 heavy (non-hydrogen) atoms. The van der Waals surface area contributed by atoms with Gasteiger partial charge in [-0.3, -0.25) is 9.59 Å². The highest BCUT2D eigenvalue weighted by atomic mass is 35.5. The van der Waals surface area contributed by atoms with E-state index < -0.39 is 0 Å². The van der Waals surface area contributed by atoms with E-state index in [9.17, 15) is 9.59 Å². The van der Waals surface area contributed by atoms with Gasteiger partial charge in [0.1, 0.15) is 6.33 Å². The van der Waals surface area contributed by atoms with Crippen LogP contribution in [0.2, 0.25) is 5.02 Å². The summed E-state index contributed by atoms with van der Waals surface area (Å²) in [5.41, 5.74) is 0.716. The molecule has 3 rings (SSSR count). The van der Waals surface area contributed by atoms with E-state index in [0.29, 0.717) is 29.6 Å². The maximum Gasteiger partial charge on any atom is 0.227 e. The second kappa shape index (κ2) is 7.00. The minimum Gasteiger partial charge on any atom is -0.348 e. The SMILES string of the molecule is CCn1cnnc1CNC(=O)C1CC(=O)N(c2cccc(Cl)c2)C1. The van der Waals surface area contributed by atoms with Gasteiger partial charge in [-0.2, -0.15) is 0 Å². The third-order valence-electron chi connectivity index (χ3n) is 4.07. The van der Waals surface area contributed by atoms with Gasteiger partial charge in [0, 0.05) is 30.2 Å². The summed E-state index contributed by atoms with van der Waals surface area (Å²) < 4.78 is 1.86. The van der Waals surface area contributed by atoms with Crippen molar-refractivity contribution in [1.82, 2.24) is 20.1 Å². The van der Waals surface area contributed by atoms with Crippen molar-refractivity contribution in [3.8, 4) is 0 Å². The van der Waals surface area contributed by atoms with Crippen LogP contribution in [-0.2, 0) is 22.7 Å². The summed E-state index contributed by atoms with van der Waals surface area (Å²) in [6.07, 6.45) is 1.82. The molecule has 1 aromatic heterocycles. The lowest BCUT2D eigenvalue weighted by atomic mass is 10.1. The number of rotatable bonds is 5. The molecule has 1 N–H and O–H groups in total. The first-order valence-corrected chi connectivity index (χ1v) is 8.16. The first-order chi connectivity index (χ1) is 11.6. The Kier molecular flexibility index (Phi) is 4.80. The molecule has 1 saturated heterocycles. The van der Waals surface area contributed by atoms with Crippen molar-refractivity contribution in [3.63, 3.8) is 0 Å². The van der Waals surface area contributed by atoms with E-state index in [1.54, 1.807) is 29.4 Å². The summed E-state index contributed by atoms with van der Waals surface area (Å²) in [4.78, 5) is 26.2. The van der Waals surface area contributed by atoms with Crippen LogP contribution in [0, 0.1) is 5.92 Å². The lowest BCUT2D eigenvalue weighted by Gasteiger charge is -2.17. The van der Waals surface area contributed by atoms with Crippen LogP contribution in [0.1, 0.15) is 19.2 Å². The van der Waals surface area contributed by atoms with Crippen molar-refractivity contribution in [3.05, 3.63) is 41.4 Å². The number of nitrogens with one attached hydrogen (secondary N) is 1. The van der Waals surface area contributed by atoms with Gasteiger partial charge in [0.2, 0.25) is 11.8 Å². The Morgan fingerprint density at radius 1 is 1.46 bits per heavy atom. The third-order valence-corrected chi connectivity index (χ3v) is 4.31. The quantitative estimate of drug-likeness (QED) is 0.891. The Labute approximate surface area is 144 Å². The van der Waals surface area contributed by atoms with Crippen LogP contribution in [0.3, 0.4) is 0 Å². The zero-order valence-corrected chi connectivity index (χ0v) is 14.0. The first-order valence-electron chi connectivity index (χ1n) is 7.78. The van der Waals surface area contributed by atoms with Gasteiger partial charge in [0.25, 0.3) is 0 Å². The van der Waals surface area contributed by atoms with Crippen LogP contribution in [0.25, 0.3) is 0 Å². The average Bonchev–Trinajstić information content (AvgIpc) is 3.18. The van der Waals surface area contributed by atoms with Crippen molar-refractivity contribution in [2.24, 2.45) is 5.92 Å². The fourth-order valence-corrected chi connectivity index (χ4v) is 2.95. The molecule has 1 unspecified atom stereocenters. The van der Waals surface area contributed by atoms with Gasteiger partial charge in [-0.1, -0.05) is 17.7 Å². The Bertz CT molecular complexity index is 760. The van der Waals surface area contributed by atoms with Crippen LogP contribution in [0.5, 0.6) is 0 Å². The van der Waals surface area contributed by atoms with Gasteiger partial charge in [-0.15, -0.1) is 10.2 Å². The van der Waals surface area contributed by atoms with Crippen LogP contribution >= 0.6 is 11.6 Å². The molecule has 126 valence electrons. The Hall–Kier alpha value is -2.41. The molecule has 0 aliphatic carbocycles. The normalized spacial score (nSPS) is 17.3. The summed E-state index contributed by atoms with van der Waals surface area (Å²) in [5, 5.41) is 11.2. The number of hydrogen-bond acceptors (Lipinski definition) is 4. The average molecular weight is 348 g/mol. The van der Waals surface area contributed by atoms with Crippen molar-refractivity contribution < 1.29 is 9.59 Å². The molecule has 1 fully saturated rings. The number of nitrogens with zero attached hydrogens (tertiary/aromatic N) is 4. The maximum absolute atomic E-state index is 12.4. The molecule has 0 saturated carbocycles. The highest BCUT2D eigenvalue weighted by molar-refractivity contribution is 6.30. The van der Waals surface area contributed by atoms with Crippen LogP contribution in [0.15, 0.2) is 30.6 Å². The molecule has 0 spiro atoms. The number of amides is 2. The minimum atomic E-state index is -0.380. The van der Waals surface area contributed by atoms with Crippen molar-refractivity contribution >= 4 is 29.1 Å². The molecule has 0 bridgehead atoms. The fourth-order valence-electron chi connectivity index (χ4n) is 2.77. The molecule has 1 aliphatic rings. The number of carbonyl (C=O) groups excluding carboxylic acids is 2. The number of anilines is 1. The number of aromatic nitrogens is 3. The van der Waals surface area contributed by atoms with E-state index in [1.165, 1.54) is 0 Å². The largest absolute Gasteiger partial charge is 0.348 e. The van der Waals surface area contributed by atoms with Crippen LogP contribution < -0.4 is 10.2 Å².